The van der Waals surface area contributed by atoms with Gasteiger partial charge in [-0.05, 0) is 48.2 Å². The summed E-state index contributed by atoms with van der Waals surface area (Å²) in [4.78, 5) is 0. The molecule has 0 fully saturated rings. The maximum Gasteiger partial charge on any atom is -0.0155 e. The van der Waals surface area contributed by atoms with E-state index in [9.17, 15) is 0 Å². The maximum atomic E-state index is 2.16. The summed E-state index contributed by atoms with van der Waals surface area (Å²) in [6, 6.07) is 23.2. The fourth-order valence-corrected chi connectivity index (χ4v) is 2.05. The molecule has 0 radical (unpaired) electrons. The average molecular weight is 248 g/mol. The van der Waals surface area contributed by atoms with Crippen molar-refractivity contribution in [3.63, 3.8) is 0 Å². The summed E-state index contributed by atoms with van der Waals surface area (Å²) < 4.78 is 0. The zero-order chi connectivity index (χ0) is 13.7. The summed E-state index contributed by atoms with van der Waals surface area (Å²) in [6.07, 6.45) is 0. The Morgan fingerprint density at radius 1 is 0.474 bits per heavy atom. The molecule has 3 rings (SSSR count). The van der Waals surface area contributed by atoms with Crippen LogP contribution in [0.5, 0.6) is 0 Å². The Morgan fingerprint density at radius 2 is 0.947 bits per heavy atom. The van der Waals surface area contributed by atoms with E-state index in [1.54, 1.807) is 0 Å². The van der Waals surface area contributed by atoms with E-state index in [1.165, 1.54) is 27.5 Å². The van der Waals surface area contributed by atoms with E-state index in [2.05, 4.69) is 87.5 Å². The summed E-state index contributed by atoms with van der Waals surface area (Å²) in [5.74, 6) is 0. The Balaban J connectivity index is 0.000000148. The Morgan fingerprint density at radius 3 is 1.53 bits per heavy atom. The molecule has 3 aromatic rings. The first kappa shape index (κ1) is 13.4. The minimum absolute atomic E-state index is 1.33. The minimum Gasteiger partial charge on any atom is -0.0620 e. The third kappa shape index (κ3) is 3.45. The van der Waals surface area contributed by atoms with Gasteiger partial charge in [-0.15, -0.1) is 0 Å². The highest BCUT2D eigenvalue weighted by atomic mass is 14.0. The standard InChI is InChI=1S/C11H10.C8H10/c1-9-5-4-7-10-6-2-3-8-11(9)10;1-7-5-3-4-6-8(7)2/h2-8H,1H3;3-6H,1-2H3. The Hall–Kier alpha value is -2.08. The highest BCUT2D eigenvalue weighted by Crippen LogP contribution is 2.16. The van der Waals surface area contributed by atoms with Gasteiger partial charge in [0.1, 0.15) is 0 Å². The van der Waals surface area contributed by atoms with Crippen molar-refractivity contribution < 1.29 is 0 Å². The third-order valence-electron chi connectivity index (χ3n) is 3.43. The van der Waals surface area contributed by atoms with Gasteiger partial charge >= 0.3 is 0 Å². The lowest BCUT2D eigenvalue weighted by atomic mass is 10.1. The van der Waals surface area contributed by atoms with Crippen LogP contribution in [0.4, 0.5) is 0 Å². The van der Waals surface area contributed by atoms with Crippen LogP contribution in [-0.4, -0.2) is 0 Å². The molecule has 3 aromatic carbocycles. The normalized spacial score (nSPS) is 9.84. The number of hydrogen-bond donors (Lipinski definition) is 0. The molecule has 0 bridgehead atoms. The van der Waals surface area contributed by atoms with Crippen LogP contribution in [0.2, 0.25) is 0 Å². The summed E-state index contributed by atoms with van der Waals surface area (Å²) in [5.41, 5.74) is 4.09. The smallest absolute Gasteiger partial charge is 0.0155 e. The summed E-state index contributed by atoms with van der Waals surface area (Å²) in [7, 11) is 0. The lowest BCUT2D eigenvalue weighted by Crippen LogP contribution is -1.75. The van der Waals surface area contributed by atoms with Crippen molar-refractivity contribution in [1.29, 1.82) is 0 Å². The van der Waals surface area contributed by atoms with Gasteiger partial charge in [0, 0.05) is 0 Å². The van der Waals surface area contributed by atoms with Gasteiger partial charge in [0.05, 0.1) is 0 Å². The quantitative estimate of drug-likeness (QED) is 0.496. The molecular formula is C19H20. The molecule has 0 heteroatoms. The fourth-order valence-electron chi connectivity index (χ4n) is 2.05. The second-order valence-corrected chi connectivity index (χ2v) is 4.88. The number of benzene rings is 3. The highest BCUT2D eigenvalue weighted by molar-refractivity contribution is 5.85. The summed E-state index contributed by atoms with van der Waals surface area (Å²) in [5, 5.41) is 2.68. The lowest BCUT2D eigenvalue weighted by Gasteiger charge is -1.98. The largest absolute Gasteiger partial charge is 0.0620 e. The lowest BCUT2D eigenvalue weighted by molar-refractivity contribution is 1.34. The van der Waals surface area contributed by atoms with Crippen LogP contribution in [-0.2, 0) is 0 Å². The monoisotopic (exact) mass is 248 g/mol. The van der Waals surface area contributed by atoms with Crippen molar-refractivity contribution in [2.24, 2.45) is 0 Å². The van der Waals surface area contributed by atoms with Crippen molar-refractivity contribution in [1.82, 2.24) is 0 Å². The molecule has 0 spiro atoms. The molecule has 96 valence electrons. The van der Waals surface area contributed by atoms with Crippen LogP contribution in [0.25, 0.3) is 10.8 Å². The van der Waals surface area contributed by atoms with E-state index in [0.717, 1.165) is 0 Å². The molecule has 0 aliphatic heterocycles. The predicted octanol–water partition coefficient (Wildman–Crippen LogP) is 5.45. The summed E-state index contributed by atoms with van der Waals surface area (Å²) >= 11 is 0. The number of hydrogen-bond acceptors (Lipinski definition) is 0. The van der Waals surface area contributed by atoms with Crippen LogP contribution < -0.4 is 0 Å². The van der Waals surface area contributed by atoms with Gasteiger partial charge in [0.2, 0.25) is 0 Å². The molecular weight excluding hydrogens is 228 g/mol. The van der Waals surface area contributed by atoms with Gasteiger partial charge in [-0.3, -0.25) is 0 Å². The zero-order valence-electron chi connectivity index (χ0n) is 11.9. The first-order valence-electron chi connectivity index (χ1n) is 6.65. The van der Waals surface area contributed by atoms with Gasteiger partial charge in [-0.1, -0.05) is 66.7 Å². The number of aryl methyl sites for hydroxylation is 3. The second kappa shape index (κ2) is 6.19. The van der Waals surface area contributed by atoms with Crippen LogP contribution in [0.1, 0.15) is 16.7 Å². The number of rotatable bonds is 0. The van der Waals surface area contributed by atoms with Gasteiger partial charge in [0.15, 0.2) is 0 Å². The van der Waals surface area contributed by atoms with Crippen molar-refractivity contribution >= 4 is 10.8 Å². The van der Waals surface area contributed by atoms with E-state index in [4.69, 9.17) is 0 Å². The van der Waals surface area contributed by atoms with E-state index < -0.39 is 0 Å². The summed E-state index contributed by atoms with van der Waals surface area (Å²) in [6.45, 7) is 6.38. The maximum absolute atomic E-state index is 2.16. The molecule has 0 saturated carbocycles. The van der Waals surface area contributed by atoms with Crippen LogP contribution in [0, 0.1) is 20.8 Å². The molecule has 0 unspecified atom stereocenters. The van der Waals surface area contributed by atoms with E-state index in [-0.39, 0.29) is 0 Å². The van der Waals surface area contributed by atoms with Crippen LogP contribution >= 0.6 is 0 Å². The molecule has 0 aliphatic rings. The zero-order valence-corrected chi connectivity index (χ0v) is 11.9. The van der Waals surface area contributed by atoms with Crippen LogP contribution in [0.15, 0.2) is 66.7 Å². The van der Waals surface area contributed by atoms with Crippen molar-refractivity contribution in [3.8, 4) is 0 Å². The number of fused-ring (bicyclic) bond motifs is 1. The third-order valence-corrected chi connectivity index (χ3v) is 3.43. The van der Waals surface area contributed by atoms with Gasteiger partial charge in [0.25, 0.3) is 0 Å². The fraction of sp³-hybridized carbons (Fsp3) is 0.158. The molecule has 19 heavy (non-hydrogen) atoms. The Kier molecular flexibility index (Phi) is 4.35. The minimum atomic E-state index is 1.33. The first-order valence-corrected chi connectivity index (χ1v) is 6.65. The van der Waals surface area contributed by atoms with E-state index in [0.29, 0.717) is 0 Å². The molecule has 0 nitrogen and oxygen atoms in total. The average Bonchev–Trinajstić information content (AvgIpc) is 2.44. The molecule has 0 amide bonds. The van der Waals surface area contributed by atoms with Gasteiger partial charge in [-0.25, -0.2) is 0 Å². The van der Waals surface area contributed by atoms with Crippen molar-refractivity contribution in [2.75, 3.05) is 0 Å². The predicted molar refractivity (Wildman–Crippen MR) is 84.6 cm³/mol. The molecule has 0 aromatic heterocycles. The topological polar surface area (TPSA) is 0 Å². The molecule has 0 heterocycles. The second-order valence-electron chi connectivity index (χ2n) is 4.88. The Bertz CT molecular complexity index is 639. The Labute approximate surface area is 115 Å². The van der Waals surface area contributed by atoms with E-state index >= 15 is 0 Å². The molecule has 0 atom stereocenters. The molecule has 0 aliphatic carbocycles. The van der Waals surface area contributed by atoms with Crippen LogP contribution in [0.3, 0.4) is 0 Å². The SMILES string of the molecule is Cc1cccc2ccccc12.Cc1ccccc1C. The van der Waals surface area contributed by atoms with Gasteiger partial charge in [-0.2, -0.15) is 0 Å². The van der Waals surface area contributed by atoms with Gasteiger partial charge < -0.3 is 0 Å². The van der Waals surface area contributed by atoms with Crippen molar-refractivity contribution in [3.05, 3.63) is 83.4 Å². The molecule has 0 saturated heterocycles. The molecule has 0 N–H and O–H groups in total. The van der Waals surface area contributed by atoms with Crippen molar-refractivity contribution in [2.45, 2.75) is 20.8 Å². The first-order chi connectivity index (χ1) is 9.18. The van der Waals surface area contributed by atoms with E-state index in [1.807, 2.05) is 0 Å². The highest BCUT2D eigenvalue weighted by Gasteiger charge is 1.92.